The molecule has 0 aromatic heterocycles. The van der Waals surface area contributed by atoms with Crippen LogP contribution in [0, 0.1) is 0 Å². The van der Waals surface area contributed by atoms with Crippen molar-refractivity contribution in [2.75, 3.05) is 20.1 Å². The van der Waals surface area contributed by atoms with Crippen LogP contribution in [-0.2, 0) is 32.2 Å². The Morgan fingerprint density at radius 1 is 0.979 bits per heavy atom. The third kappa shape index (κ3) is 8.61. The number of halogens is 3. The van der Waals surface area contributed by atoms with Gasteiger partial charge in [-0.3, -0.25) is 14.5 Å². The summed E-state index contributed by atoms with van der Waals surface area (Å²) in [5, 5.41) is 23.2. The molecule has 9 nitrogen and oxygen atoms in total. The summed E-state index contributed by atoms with van der Waals surface area (Å²) in [6, 6.07) is 22.9. The van der Waals surface area contributed by atoms with Crippen LogP contribution in [0.4, 0.5) is 13.2 Å². The monoisotopic (exact) mass is 669 g/mol. The highest BCUT2D eigenvalue weighted by molar-refractivity contribution is 5.90. The number of nitrogens with one attached hydrogen (secondary N) is 1. The molecular weight excluding hydrogens is 627 g/mol. The minimum Gasteiger partial charge on any atom is -0.392 e. The van der Waals surface area contributed by atoms with Gasteiger partial charge >= 0.3 is 12.1 Å². The standard InChI is InChI=1S/C36H42F3N3O6/c1-23(32(44)27-7-4-3-5-8-27)41(2)21-29-19-31(26-14-12-25(22-43)13-15-26)48-34(47-29)28-16-10-24(11-17-28)20-40-33(45)30-9-6-18-42(30)35(46)36(37,38)39/h3-5,7-8,10-17,23,29-32,34,43-44H,6,9,18-22H2,1-2H3,(H,40,45). The molecule has 2 amide bonds. The van der Waals surface area contributed by atoms with Gasteiger partial charge in [0, 0.05) is 37.7 Å². The van der Waals surface area contributed by atoms with Crippen molar-refractivity contribution in [2.24, 2.45) is 0 Å². The summed E-state index contributed by atoms with van der Waals surface area (Å²) in [5.74, 6) is -2.62. The van der Waals surface area contributed by atoms with Gasteiger partial charge in [0.05, 0.1) is 24.9 Å². The van der Waals surface area contributed by atoms with Crippen LogP contribution in [0.15, 0.2) is 78.9 Å². The number of hydrogen-bond donors (Lipinski definition) is 3. The normalized spacial score (nSPS) is 22.8. The fourth-order valence-corrected chi connectivity index (χ4v) is 6.24. The maximum absolute atomic E-state index is 13.0. The number of ether oxygens (including phenoxy) is 2. The number of benzene rings is 3. The third-order valence-electron chi connectivity index (χ3n) is 9.18. The number of carbonyl (C=O) groups is 2. The second-order valence-electron chi connectivity index (χ2n) is 12.5. The molecule has 2 fully saturated rings. The highest BCUT2D eigenvalue weighted by atomic mass is 19.4. The first-order valence-electron chi connectivity index (χ1n) is 16.1. The average Bonchev–Trinajstić information content (AvgIpc) is 3.60. The van der Waals surface area contributed by atoms with Crippen LogP contribution in [0.25, 0.3) is 0 Å². The molecule has 3 aromatic carbocycles. The van der Waals surface area contributed by atoms with Gasteiger partial charge in [0.25, 0.3) is 0 Å². The summed E-state index contributed by atoms with van der Waals surface area (Å²) >= 11 is 0. The number of aliphatic hydroxyl groups excluding tert-OH is 2. The second-order valence-corrected chi connectivity index (χ2v) is 12.5. The van der Waals surface area contributed by atoms with Gasteiger partial charge in [-0.1, -0.05) is 78.9 Å². The minimum absolute atomic E-state index is 0.0655. The number of aliphatic hydroxyl groups is 2. The van der Waals surface area contributed by atoms with Crippen molar-refractivity contribution in [1.82, 2.24) is 15.1 Å². The van der Waals surface area contributed by atoms with Crippen molar-refractivity contribution in [1.29, 1.82) is 0 Å². The van der Waals surface area contributed by atoms with Crippen LogP contribution in [0.3, 0.4) is 0 Å². The molecule has 5 rings (SSSR count). The number of hydrogen-bond acceptors (Lipinski definition) is 7. The lowest BCUT2D eigenvalue weighted by Gasteiger charge is -2.39. The summed E-state index contributed by atoms with van der Waals surface area (Å²) in [7, 11) is 1.95. The summed E-state index contributed by atoms with van der Waals surface area (Å²) < 4.78 is 51.8. The Labute approximate surface area is 278 Å². The van der Waals surface area contributed by atoms with Crippen molar-refractivity contribution in [3.05, 3.63) is 107 Å². The van der Waals surface area contributed by atoms with E-state index < -0.39 is 36.4 Å². The van der Waals surface area contributed by atoms with Crippen LogP contribution in [-0.4, -0.2) is 76.3 Å². The van der Waals surface area contributed by atoms with Crippen molar-refractivity contribution < 1.29 is 42.4 Å². The Balaban J connectivity index is 1.25. The predicted octanol–water partition coefficient (Wildman–Crippen LogP) is 4.95. The fourth-order valence-electron chi connectivity index (χ4n) is 6.24. The lowest BCUT2D eigenvalue weighted by Crippen LogP contribution is -2.50. The number of alkyl halides is 3. The van der Waals surface area contributed by atoms with E-state index in [0.717, 1.165) is 22.3 Å². The number of likely N-dealkylation sites (N-methyl/N-ethyl adjacent to an activating group) is 1. The average molecular weight is 670 g/mol. The Morgan fingerprint density at radius 2 is 1.62 bits per heavy atom. The lowest BCUT2D eigenvalue weighted by atomic mass is 9.98. The molecule has 2 aliphatic rings. The first kappa shape index (κ1) is 35.5. The molecule has 0 spiro atoms. The van der Waals surface area contributed by atoms with Gasteiger partial charge in [0.2, 0.25) is 5.91 Å². The first-order chi connectivity index (χ1) is 22.9. The highest BCUT2D eigenvalue weighted by Crippen LogP contribution is 2.38. The second kappa shape index (κ2) is 15.6. The molecule has 12 heteroatoms. The quantitative estimate of drug-likeness (QED) is 0.265. The molecule has 0 radical (unpaired) electrons. The number of likely N-dealkylation sites (tertiary alicyclic amines) is 1. The van der Waals surface area contributed by atoms with Gasteiger partial charge in [0.1, 0.15) is 6.04 Å². The van der Waals surface area contributed by atoms with Gasteiger partial charge in [-0.25, -0.2) is 0 Å². The van der Waals surface area contributed by atoms with Crippen LogP contribution < -0.4 is 5.32 Å². The molecule has 0 saturated carbocycles. The highest BCUT2D eigenvalue weighted by Gasteiger charge is 2.47. The molecule has 6 unspecified atom stereocenters. The Kier molecular flexibility index (Phi) is 11.5. The van der Waals surface area contributed by atoms with E-state index in [4.69, 9.17) is 9.47 Å². The van der Waals surface area contributed by atoms with Crippen LogP contribution in [0.2, 0.25) is 0 Å². The summed E-state index contributed by atoms with van der Waals surface area (Å²) in [6.45, 7) is 2.39. The van der Waals surface area contributed by atoms with E-state index in [9.17, 15) is 33.0 Å². The van der Waals surface area contributed by atoms with Crippen molar-refractivity contribution in [2.45, 2.75) is 82.2 Å². The summed E-state index contributed by atoms with van der Waals surface area (Å²) in [4.78, 5) is 27.2. The lowest BCUT2D eigenvalue weighted by molar-refractivity contribution is -0.253. The SMILES string of the molecule is CC(C(O)c1ccccc1)N(C)CC1CC(c2ccc(CO)cc2)OC(c2ccc(CNC(=O)C3CCCN3C(=O)C(F)(F)F)cc2)O1. The molecular formula is C36H42F3N3O6. The molecule has 258 valence electrons. The molecule has 2 heterocycles. The van der Waals surface area contributed by atoms with E-state index in [1.165, 1.54) is 0 Å². The van der Waals surface area contributed by atoms with Crippen LogP contribution in [0.1, 0.15) is 72.5 Å². The van der Waals surface area contributed by atoms with E-state index in [0.29, 0.717) is 29.8 Å². The minimum atomic E-state index is -5.03. The van der Waals surface area contributed by atoms with E-state index in [-0.39, 0.29) is 44.4 Å². The predicted molar refractivity (Wildman–Crippen MR) is 171 cm³/mol. The number of rotatable bonds is 11. The summed E-state index contributed by atoms with van der Waals surface area (Å²) in [5.41, 5.74) is 4.01. The van der Waals surface area contributed by atoms with Crippen molar-refractivity contribution in [3.8, 4) is 0 Å². The molecule has 2 aliphatic heterocycles. The molecule has 3 aromatic rings. The van der Waals surface area contributed by atoms with Crippen molar-refractivity contribution in [3.63, 3.8) is 0 Å². The van der Waals surface area contributed by atoms with E-state index in [1.807, 2.05) is 80.7 Å². The largest absolute Gasteiger partial charge is 0.471 e. The Bertz CT molecular complexity index is 1510. The molecule has 0 bridgehead atoms. The maximum atomic E-state index is 13.0. The van der Waals surface area contributed by atoms with E-state index in [2.05, 4.69) is 10.2 Å². The number of carbonyl (C=O) groups excluding carboxylic acids is 2. The topological polar surface area (TPSA) is 112 Å². The molecule has 0 aliphatic carbocycles. The number of nitrogens with zero attached hydrogens (tertiary/aromatic N) is 2. The van der Waals surface area contributed by atoms with E-state index in [1.54, 1.807) is 12.1 Å². The van der Waals surface area contributed by atoms with Crippen molar-refractivity contribution >= 4 is 11.8 Å². The zero-order valence-corrected chi connectivity index (χ0v) is 27.0. The Morgan fingerprint density at radius 3 is 2.27 bits per heavy atom. The smallest absolute Gasteiger partial charge is 0.392 e. The maximum Gasteiger partial charge on any atom is 0.471 e. The molecule has 48 heavy (non-hydrogen) atoms. The zero-order valence-electron chi connectivity index (χ0n) is 27.0. The van der Waals surface area contributed by atoms with Crippen LogP contribution >= 0.6 is 0 Å². The Hall–Kier alpha value is -3.81. The third-order valence-corrected chi connectivity index (χ3v) is 9.18. The zero-order chi connectivity index (χ0) is 34.4. The van der Waals surface area contributed by atoms with Gasteiger partial charge in [-0.15, -0.1) is 0 Å². The fraction of sp³-hybridized carbons (Fsp3) is 0.444. The summed E-state index contributed by atoms with van der Waals surface area (Å²) in [6.07, 6.45) is -5.95. The number of amides is 2. The van der Waals surface area contributed by atoms with Gasteiger partial charge < -0.3 is 29.9 Å². The van der Waals surface area contributed by atoms with Gasteiger partial charge in [-0.05, 0) is 49.1 Å². The van der Waals surface area contributed by atoms with E-state index >= 15 is 0 Å². The molecule has 3 N–H and O–H groups in total. The van der Waals surface area contributed by atoms with Crippen LogP contribution in [0.5, 0.6) is 0 Å². The first-order valence-corrected chi connectivity index (χ1v) is 16.1. The van der Waals surface area contributed by atoms with Gasteiger partial charge in [-0.2, -0.15) is 13.2 Å². The molecule has 6 atom stereocenters. The molecule has 2 saturated heterocycles. The van der Waals surface area contributed by atoms with Gasteiger partial charge in [0.15, 0.2) is 6.29 Å².